The van der Waals surface area contributed by atoms with Crippen molar-refractivity contribution in [1.29, 1.82) is 0 Å². The van der Waals surface area contributed by atoms with Crippen molar-refractivity contribution in [2.45, 2.75) is 26.2 Å². The highest BCUT2D eigenvalue weighted by atomic mass is 15.1. The van der Waals surface area contributed by atoms with Crippen LogP contribution in [0.1, 0.15) is 26.2 Å². The molecule has 1 atom stereocenters. The van der Waals surface area contributed by atoms with Gasteiger partial charge in [-0.15, -0.1) is 0 Å². The quantitative estimate of drug-likeness (QED) is 0.400. The van der Waals surface area contributed by atoms with Crippen LogP contribution in [-0.4, -0.2) is 5.71 Å². The minimum absolute atomic E-state index is 0.722. The molecule has 0 amide bonds. The van der Waals surface area contributed by atoms with E-state index < -0.39 is 0 Å². The molecule has 0 aromatic carbocycles. The second kappa shape index (κ2) is 2.16. The van der Waals surface area contributed by atoms with E-state index in [1.807, 2.05) is 0 Å². The SMILES string of the molecule is CCC1CC/C1=N\N. The Kier molecular flexibility index (Phi) is 1.51. The lowest BCUT2D eigenvalue weighted by molar-refractivity contribution is 0.534. The van der Waals surface area contributed by atoms with Crippen molar-refractivity contribution in [2.75, 3.05) is 0 Å². The summed E-state index contributed by atoms with van der Waals surface area (Å²) in [6, 6.07) is 0. The van der Waals surface area contributed by atoms with E-state index in [2.05, 4.69) is 12.0 Å². The first-order chi connectivity index (χ1) is 3.88. The van der Waals surface area contributed by atoms with E-state index in [0.717, 1.165) is 12.3 Å². The molecule has 0 aromatic rings. The third kappa shape index (κ3) is 0.703. The molecule has 8 heavy (non-hydrogen) atoms. The molecular formula is C6H12N2. The van der Waals surface area contributed by atoms with Gasteiger partial charge < -0.3 is 5.84 Å². The molecule has 1 aliphatic carbocycles. The Bertz CT molecular complexity index is 105. The molecule has 0 radical (unpaired) electrons. The summed E-state index contributed by atoms with van der Waals surface area (Å²) < 4.78 is 0. The summed E-state index contributed by atoms with van der Waals surface area (Å²) >= 11 is 0. The van der Waals surface area contributed by atoms with Gasteiger partial charge in [0.25, 0.3) is 0 Å². The van der Waals surface area contributed by atoms with Crippen LogP contribution in [0.3, 0.4) is 0 Å². The van der Waals surface area contributed by atoms with Gasteiger partial charge in [0.15, 0.2) is 0 Å². The first kappa shape index (κ1) is 5.60. The first-order valence-electron chi connectivity index (χ1n) is 3.15. The standard InChI is InChI=1S/C6H12N2/c1-2-5-3-4-6(5)8-7/h5H,2-4,7H2,1H3/b8-6+. The summed E-state index contributed by atoms with van der Waals surface area (Å²) in [6.07, 6.45) is 3.64. The van der Waals surface area contributed by atoms with Crippen molar-refractivity contribution in [3.8, 4) is 0 Å². The normalized spacial score (nSPS) is 32.6. The van der Waals surface area contributed by atoms with Crippen LogP contribution in [0.5, 0.6) is 0 Å². The maximum Gasteiger partial charge on any atom is 0.0407 e. The lowest BCUT2D eigenvalue weighted by atomic mass is 9.81. The third-order valence-electron chi connectivity index (χ3n) is 1.88. The summed E-state index contributed by atoms with van der Waals surface area (Å²) in [7, 11) is 0. The minimum Gasteiger partial charge on any atom is -0.323 e. The number of hydrogen-bond acceptors (Lipinski definition) is 2. The Morgan fingerprint density at radius 3 is 2.75 bits per heavy atom. The maximum absolute atomic E-state index is 5.09. The zero-order chi connectivity index (χ0) is 5.98. The smallest absolute Gasteiger partial charge is 0.0407 e. The van der Waals surface area contributed by atoms with E-state index >= 15 is 0 Å². The number of rotatable bonds is 1. The average molecular weight is 112 g/mol. The van der Waals surface area contributed by atoms with E-state index in [9.17, 15) is 0 Å². The van der Waals surface area contributed by atoms with Crippen LogP contribution in [-0.2, 0) is 0 Å². The predicted molar refractivity (Wildman–Crippen MR) is 34.6 cm³/mol. The third-order valence-corrected chi connectivity index (χ3v) is 1.88. The minimum atomic E-state index is 0.722. The number of nitrogens with two attached hydrogens (primary N) is 1. The van der Waals surface area contributed by atoms with Crippen molar-refractivity contribution in [3.05, 3.63) is 0 Å². The zero-order valence-electron chi connectivity index (χ0n) is 5.22. The molecule has 2 heteroatoms. The van der Waals surface area contributed by atoms with Gasteiger partial charge in [-0.05, 0) is 25.2 Å². The molecule has 46 valence electrons. The van der Waals surface area contributed by atoms with Gasteiger partial charge in [-0.1, -0.05) is 6.92 Å². The highest BCUT2D eigenvalue weighted by Crippen LogP contribution is 2.25. The van der Waals surface area contributed by atoms with Crippen molar-refractivity contribution >= 4 is 5.71 Å². The van der Waals surface area contributed by atoms with E-state index in [-0.39, 0.29) is 0 Å². The van der Waals surface area contributed by atoms with Crippen LogP contribution in [0.15, 0.2) is 5.10 Å². The average Bonchev–Trinajstić information content (AvgIpc) is 1.66. The van der Waals surface area contributed by atoms with Crippen molar-refractivity contribution in [2.24, 2.45) is 16.9 Å². The maximum atomic E-state index is 5.09. The summed E-state index contributed by atoms with van der Waals surface area (Å²) in [4.78, 5) is 0. The van der Waals surface area contributed by atoms with Crippen LogP contribution in [0.4, 0.5) is 0 Å². The van der Waals surface area contributed by atoms with Gasteiger partial charge in [-0.2, -0.15) is 5.10 Å². The molecule has 1 saturated carbocycles. The van der Waals surface area contributed by atoms with Gasteiger partial charge in [-0.3, -0.25) is 0 Å². The zero-order valence-corrected chi connectivity index (χ0v) is 5.22. The lowest BCUT2D eigenvalue weighted by Gasteiger charge is -2.25. The van der Waals surface area contributed by atoms with Crippen LogP contribution in [0.2, 0.25) is 0 Å². The fourth-order valence-electron chi connectivity index (χ4n) is 1.09. The van der Waals surface area contributed by atoms with Crippen molar-refractivity contribution in [3.63, 3.8) is 0 Å². The van der Waals surface area contributed by atoms with E-state index in [1.165, 1.54) is 18.6 Å². The summed E-state index contributed by atoms with van der Waals surface area (Å²) in [5, 5.41) is 3.66. The van der Waals surface area contributed by atoms with Crippen LogP contribution < -0.4 is 5.84 Å². The second-order valence-corrected chi connectivity index (χ2v) is 2.26. The highest BCUT2D eigenvalue weighted by molar-refractivity contribution is 5.91. The van der Waals surface area contributed by atoms with Gasteiger partial charge in [0, 0.05) is 5.71 Å². The molecular weight excluding hydrogens is 100 g/mol. The summed E-state index contributed by atoms with van der Waals surface area (Å²) in [5.74, 6) is 5.81. The van der Waals surface area contributed by atoms with Gasteiger partial charge in [0.05, 0.1) is 0 Å². The Morgan fingerprint density at radius 1 is 1.88 bits per heavy atom. The highest BCUT2D eigenvalue weighted by Gasteiger charge is 2.23. The molecule has 0 saturated heterocycles. The molecule has 2 nitrogen and oxygen atoms in total. The van der Waals surface area contributed by atoms with Gasteiger partial charge in [0.1, 0.15) is 0 Å². The Hall–Kier alpha value is -0.530. The molecule has 0 bridgehead atoms. The molecule has 1 fully saturated rings. The van der Waals surface area contributed by atoms with E-state index in [0.29, 0.717) is 0 Å². The second-order valence-electron chi connectivity index (χ2n) is 2.26. The van der Waals surface area contributed by atoms with Crippen LogP contribution in [0.25, 0.3) is 0 Å². The van der Waals surface area contributed by atoms with Crippen LogP contribution in [0, 0.1) is 5.92 Å². The van der Waals surface area contributed by atoms with Crippen molar-refractivity contribution < 1.29 is 0 Å². The Balaban J connectivity index is 2.38. The first-order valence-corrected chi connectivity index (χ1v) is 3.15. The molecule has 0 aromatic heterocycles. The lowest BCUT2D eigenvalue weighted by Crippen LogP contribution is -2.26. The Morgan fingerprint density at radius 2 is 2.62 bits per heavy atom. The molecule has 0 aliphatic heterocycles. The van der Waals surface area contributed by atoms with Crippen LogP contribution >= 0.6 is 0 Å². The largest absolute Gasteiger partial charge is 0.323 e. The number of hydrogen-bond donors (Lipinski definition) is 1. The molecule has 1 rings (SSSR count). The van der Waals surface area contributed by atoms with Crippen molar-refractivity contribution in [1.82, 2.24) is 0 Å². The predicted octanol–water partition coefficient (Wildman–Crippen LogP) is 1.12. The fraction of sp³-hybridized carbons (Fsp3) is 0.833. The van der Waals surface area contributed by atoms with Gasteiger partial charge in [0.2, 0.25) is 0 Å². The Labute approximate surface area is 49.8 Å². The van der Waals surface area contributed by atoms with E-state index in [1.54, 1.807) is 0 Å². The molecule has 2 N–H and O–H groups in total. The van der Waals surface area contributed by atoms with Gasteiger partial charge in [-0.25, -0.2) is 0 Å². The summed E-state index contributed by atoms with van der Waals surface area (Å²) in [6.45, 7) is 2.18. The summed E-state index contributed by atoms with van der Waals surface area (Å²) in [5.41, 5.74) is 1.22. The molecule has 0 heterocycles. The fourth-order valence-corrected chi connectivity index (χ4v) is 1.09. The topological polar surface area (TPSA) is 38.4 Å². The monoisotopic (exact) mass is 112 g/mol. The molecule has 1 aliphatic rings. The number of nitrogens with zero attached hydrogens (tertiary/aromatic N) is 1. The van der Waals surface area contributed by atoms with E-state index in [4.69, 9.17) is 5.84 Å². The molecule has 1 unspecified atom stereocenters. The van der Waals surface area contributed by atoms with Gasteiger partial charge >= 0.3 is 0 Å². The number of hydrazone groups is 1. The molecule has 0 spiro atoms.